The maximum atomic E-state index is 13.5. The zero-order valence-electron chi connectivity index (χ0n) is 18.0. The minimum absolute atomic E-state index is 0.00894. The van der Waals surface area contributed by atoms with E-state index >= 15 is 0 Å². The predicted octanol–water partition coefficient (Wildman–Crippen LogP) is 2.72. The van der Waals surface area contributed by atoms with E-state index in [0.717, 1.165) is 23.7 Å². The van der Waals surface area contributed by atoms with Gasteiger partial charge in [-0.15, -0.1) is 5.10 Å². The maximum absolute atomic E-state index is 13.5. The van der Waals surface area contributed by atoms with Crippen LogP contribution >= 0.6 is 11.8 Å². The Hall–Kier alpha value is -2.27. The molecule has 2 N–H and O–H groups in total. The first-order chi connectivity index (χ1) is 15.5. The molecule has 1 saturated heterocycles. The third kappa shape index (κ3) is 5.20. The lowest BCUT2D eigenvalue weighted by molar-refractivity contribution is -0.0434. The molecule has 2 aromatic heterocycles. The van der Waals surface area contributed by atoms with Crippen LogP contribution in [-0.2, 0) is 16.7 Å². The lowest BCUT2D eigenvalue weighted by atomic mass is 9.91. The third-order valence-electron chi connectivity index (χ3n) is 5.85. The number of tetrazole rings is 1. The van der Waals surface area contributed by atoms with Crippen LogP contribution in [-0.4, -0.2) is 62.2 Å². The number of rotatable bonds is 11. The van der Waals surface area contributed by atoms with Crippen LogP contribution in [0.1, 0.15) is 31.4 Å². The van der Waals surface area contributed by atoms with E-state index in [2.05, 4.69) is 27.8 Å². The molecule has 8 nitrogen and oxygen atoms in total. The van der Waals surface area contributed by atoms with Gasteiger partial charge >= 0.3 is 0 Å². The Morgan fingerprint density at radius 1 is 1.34 bits per heavy atom. The number of thioether (sulfide) groups is 1. The minimum Gasteiger partial charge on any atom is -0.469 e. The highest BCUT2D eigenvalue weighted by molar-refractivity contribution is 7.99. The van der Waals surface area contributed by atoms with Gasteiger partial charge in [-0.2, -0.15) is 16.4 Å². The number of hydrogen-bond acceptors (Lipinski definition) is 8. The molecule has 2 unspecified atom stereocenters. The molecule has 0 spiro atoms. The number of aryl methyl sites for hydroxylation is 1. The Morgan fingerprint density at radius 3 is 2.88 bits per heavy atom. The van der Waals surface area contributed by atoms with Crippen molar-refractivity contribution in [1.82, 2.24) is 25.5 Å². The molecule has 172 valence electrons. The van der Waals surface area contributed by atoms with Crippen molar-refractivity contribution in [2.45, 2.75) is 37.3 Å². The highest BCUT2D eigenvalue weighted by atomic mass is 32.2. The smallest absolute Gasteiger partial charge is 0.176 e. The average Bonchev–Trinajstić information content (AvgIpc) is 3.58. The molecule has 3 heterocycles. The van der Waals surface area contributed by atoms with Crippen LogP contribution < -0.4 is 5.32 Å². The molecular weight excluding hydrogens is 433 g/mol. The topological polar surface area (TPSA) is 98.2 Å². The van der Waals surface area contributed by atoms with E-state index in [-0.39, 0.29) is 18.0 Å². The zero-order valence-corrected chi connectivity index (χ0v) is 18.9. The van der Waals surface area contributed by atoms with Gasteiger partial charge in [0, 0.05) is 18.7 Å². The van der Waals surface area contributed by atoms with Gasteiger partial charge in [-0.05, 0) is 72.3 Å². The summed E-state index contributed by atoms with van der Waals surface area (Å²) in [6.07, 6.45) is 3.93. The molecule has 1 aliphatic heterocycles. The molecule has 3 aromatic rings. The Balaban J connectivity index is 1.61. The second kappa shape index (κ2) is 10.1. The number of ether oxygens (including phenoxy) is 1. The van der Waals surface area contributed by atoms with Gasteiger partial charge in [-0.25, -0.2) is 4.39 Å². The van der Waals surface area contributed by atoms with E-state index in [9.17, 15) is 9.50 Å². The van der Waals surface area contributed by atoms with E-state index in [4.69, 9.17) is 9.15 Å². The summed E-state index contributed by atoms with van der Waals surface area (Å²) in [7, 11) is 0. The molecule has 0 bridgehead atoms. The van der Waals surface area contributed by atoms with Gasteiger partial charge in [0.15, 0.2) is 5.82 Å². The number of nitrogens with zero attached hydrogens (tertiary/aromatic N) is 4. The van der Waals surface area contributed by atoms with Gasteiger partial charge in [-0.1, -0.05) is 0 Å². The molecule has 0 radical (unpaired) electrons. The van der Waals surface area contributed by atoms with E-state index < -0.39 is 5.54 Å². The van der Waals surface area contributed by atoms with Crippen molar-refractivity contribution in [1.29, 1.82) is 0 Å². The summed E-state index contributed by atoms with van der Waals surface area (Å²) >= 11 is 1.85. The highest BCUT2D eigenvalue weighted by Crippen LogP contribution is 2.33. The van der Waals surface area contributed by atoms with Crippen LogP contribution in [0.25, 0.3) is 5.69 Å². The van der Waals surface area contributed by atoms with Crippen molar-refractivity contribution < 1.29 is 18.7 Å². The molecule has 2 atom stereocenters. The lowest BCUT2D eigenvalue weighted by Crippen LogP contribution is -2.52. The summed E-state index contributed by atoms with van der Waals surface area (Å²) in [6.45, 7) is 2.94. The lowest BCUT2D eigenvalue weighted by Gasteiger charge is -2.36. The first kappa shape index (κ1) is 22.9. The maximum Gasteiger partial charge on any atom is 0.176 e. The SMILES string of the molecule is CC(CCc1ccco1)(NCC1(OCCO)CCSC1)c1nnnn1-c1ccc(F)cc1. The largest absolute Gasteiger partial charge is 0.469 e. The van der Waals surface area contributed by atoms with Gasteiger partial charge in [0.1, 0.15) is 11.6 Å². The number of benzene rings is 1. The van der Waals surface area contributed by atoms with Crippen molar-refractivity contribution in [2.24, 2.45) is 0 Å². The Bertz CT molecular complexity index is 976. The number of aliphatic hydroxyl groups excluding tert-OH is 1. The van der Waals surface area contributed by atoms with Gasteiger partial charge in [-0.3, -0.25) is 0 Å². The fourth-order valence-corrected chi connectivity index (χ4v) is 5.27. The molecule has 1 fully saturated rings. The molecular formula is C22H28FN5O3S. The number of aromatic nitrogens is 4. The molecule has 1 aliphatic rings. The van der Waals surface area contributed by atoms with Crippen LogP contribution in [0.2, 0.25) is 0 Å². The number of furan rings is 1. The number of aliphatic hydroxyl groups is 1. The van der Waals surface area contributed by atoms with Crippen LogP contribution in [0, 0.1) is 5.82 Å². The van der Waals surface area contributed by atoms with E-state index in [1.165, 1.54) is 12.1 Å². The first-order valence-electron chi connectivity index (χ1n) is 10.7. The van der Waals surface area contributed by atoms with Crippen molar-refractivity contribution in [3.63, 3.8) is 0 Å². The average molecular weight is 462 g/mol. The van der Waals surface area contributed by atoms with E-state index in [0.29, 0.717) is 37.5 Å². The molecule has 4 rings (SSSR count). The minimum atomic E-state index is -0.618. The molecule has 32 heavy (non-hydrogen) atoms. The second-order valence-corrected chi connectivity index (χ2v) is 9.32. The number of nitrogens with one attached hydrogen (secondary N) is 1. The third-order valence-corrected chi connectivity index (χ3v) is 7.08. The molecule has 0 aliphatic carbocycles. The molecule has 0 saturated carbocycles. The Kier molecular flexibility index (Phi) is 7.24. The Labute approximate surface area is 190 Å². The number of halogens is 1. The number of hydrogen-bond donors (Lipinski definition) is 2. The van der Waals surface area contributed by atoms with Crippen LogP contribution in [0.4, 0.5) is 4.39 Å². The monoisotopic (exact) mass is 461 g/mol. The summed E-state index contributed by atoms with van der Waals surface area (Å²) in [5.41, 5.74) is -0.291. The van der Waals surface area contributed by atoms with Crippen LogP contribution in [0.3, 0.4) is 0 Å². The summed E-state index contributed by atoms with van der Waals surface area (Å²) in [5, 5.41) is 25.4. The fourth-order valence-electron chi connectivity index (χ4n) is 3.91. The van der Waals surface area contributed by atoms with Crippen molar-refractivity contribution >= 4 is 11.8 Å². The predicted molar refractivity (Wildman–Crippen MR) is 119 cm³/mol. The van der Waals surface area contributed by atoms with Crippen molar-refractivity contribution in [2.75, 3.05) is 31.3 Å². The normalized spacial score (nSPS) is 20.5. The standard InChI is InChI=1S/C22H28FN5O3S/c1-21(9-8-19-3-2-12-30-19,24-15-22(31-13-11-29)10-14-32-16-22)20-25-26-27-28(20)18-6-4-17(23)5-7-18/h2-7,12,24,29H,8-11,13-16H2,1H3. The van der Waals surface area contributed by atoms with E-state index in [1.54, 1.807) is 23.1 Å². The Morgan fingerprint density at radius 2 is 2.19 bits per heavy atom. The van der Waals surface area contributed by atoms with Gasteiger partial charge in [0.25, 0.3) is 0 Å². The second-order valence-electron chi connectivity index (χ2n) is 8.21. The van der Waals surface area contributed by atoms with Gasteiger partial charge in [0.05, 0.1) is 36.3 Å². The van der Waals surface area contributed by atoms with Crippen molar-refractivity contribution in [3.8, 4) is 5.69 Å². The van der Waals surface area contributed by atoms with E-state index in [1.807, 2.05) is 23.9 Å². The van der Waals surface area contributed by atoms with Crippen LogP contribution in [0.5, 0.6) is 0 Å². The van der Waals surface area contributed by atoms with Crippen LogP contribution in [0.15, 0.2) is 47.1 Å². The first-order valence-corrected chi connectivity index (χ1v) is 11.8. The molecule has 1 aromatic carbocycles. The summed E-state index contributed by atoms with van der Waals surface area (Å²) in [5.74, 6) is 3.06. The summed E-state index contributed by atoms with van der Waals surface area (Å²) in [6, 6.07) is 9.91. The quantitative estimate of drug-likeness (QED) is 0.450. The highest BCUT2D eigenvalue weighted by Gasteiger charge is 2.40. The molecule has 10 heteroatoms. The molecule has 0 amide bonds. The zero-order chi connectivity index (χ0) is 22.4. The van der Waals surface area contributed by atoms with Gasteiger partial charge < -0.3 is 19.6 Å². The summed E-state index contributed by atoms with van der Waals surface area (Å²) < 4.78 is 26.7. The van der Waals surface area contributed by atoms with Crippen molar-refractivity contribution in [3.05, 3.63) is 60.1 Å². The summed E-state index contributed by atoms with van der Waals surface area (Å²) in [4.78, 5) is 0. The fraction of sp³-hybridized carbons (Fsp3) is 0.500. The van der Waals surface area contributed by atoms with Gasteiger partial charge in [0.2, 0.25) is 0 Å².